The Hall–Kier alpha value is -2.30. The number of hydrogen-bond donors (Lipinski definition) is 2. The summed E-state index contributed by atoms with van der Waals surface area (Å²) in [6.07, 6.45) is 1.53. The van der Waals surface area contributed by atoms with Gasteiger partial charge in [-0.25, -0.2) is 0 Å². The third kappa shape index (κ3) is 2.13. The topological polar surface area (TPSA) is 75.0 Å². The Morgan fingerprint density at radius 2 is 2.00 bits per heavy atom. The maximum atomic E-state index is 12.1. The predicted octanol–water partition coefficient (Wildman–Crippen LogP) is 1.58. The monoisotopic (exact) mass is 230 g/mol. The second-order valence-corrected chi connectivity index (χ2v) is 3.86. The highest BCUT2D eigenvalue weighted by atomic mass is 16.2. The molecule has 0 unspecified atom stereocenters. The van der Waals surface area contributed by atoms with Crippen LogP contribution in [0.25, 0.3) is 0 Å². The van der Waals surface area contributed by atoms with E-state index in [1.54, 1.807) is 24.1 Å². The van der Waals surface area contributed by atoms with Gasteiger partial charge in [0.2, 0.25) is 0 Å². The number of nitrogen functional groups attached to an aromatic ring is 1. The number of nitrogens with zero attached hydrogens (tertiary/aromatic N) is 2. The van der Waals surface area contributed by atoms with Crippen molar-refractivity contribution in [2.75, 3.05) is 17.7 Å². The summed E-state index contributed by atoms with van der Waals surface area (Å²) < 4.78 is 0. The second kappa shape index (κ2) is 4.29. The van der Waals surface area contributed by atoms with Crippen molar-refractivity contribution in [3.05, 3.63) is 41.7 Å². The standard InChI is InChI=1S/C12H14N4O/c1-8-11(7-14-15-8)12(17)16(2)10-5-3-9(13)4-6-10/h3-7H,13H2,1-2H3,(H,14,15). The summed E-state index contributed by atoms with van der Waals surface area (Å²) in [5, 5.41) is 6.59. The smallest absolute Gasteiger partial charge is 0.261 e. The minimum atomic E-state index is -0.0963. The number of carbonyl (C=O) groups excluding carboxylic acids is 1. The van der Waals surface area contributed by atoms with E-state index >= 15 is 0 Å². The van der Waals surface area contributed by atoms with E-state index in [4.69, 9.17) is 5.73 Å². The summed E-state index contributed by atoms with van der Waals surface area (Å²) in [6.45, 7) is 1.82. The molecule has 5 nitrogen and oxygen atoms in total. The molecule has 3 N–H and O–H groups in total. The Morgan fingerprint density at radius 3 is 2.53 bits per heavy atom. The lowest BCUT2D eigenvalue weighted by Gasteiger charge is -2.16. The van der Waals surface area contributed by atoms with Crippen LogP contribution in [0.15, 0.2) is 30.5 Å². The van der Waals surface area contributed by atoms with Crippen molar-refractivity contribution in [2.45, 2.75) is 6.92 Å². The first-order chi connectivity index (χ1) is 8.09. The fourth-order valence-corrected chi connectivity index (χ4v) is 1.56. The molecule has 1 aromatic heterocycles. The maximum Gasteiger partial charge on any atom is 0.261 e. The summed E-state index contributed by atoms with van der Waals surface area (Å²) in [6, 6.07) is 7.15. The third-order valence-electron chi connectivity index (χ3n) is 2.65. The van der Waals surface area contributed by atoms with E-state index < -0.39 is 0 Å². The fourth-order valence-electron chi connectivity index (χ4n) is 1.56. The first-order valence-corrected chi connectivity index (χ1v) is 5.23. The van der Waals surface area contributed by atoms with Crippen LogP contribution in [0, 0.1) is 6.92 Å². The van der Waals surface area contributed by atoms with Crippen LogP contribution in [-0.2, 0) is 0 Å². The van der Waals surface area contributed by atoms with E-state index in [0.717, 1.165) is 11.4 Å². The van der Waals surface area contributed by atoms with E-state index in [9.17, 15) is 4.79 Å². The fraction of sp³-hybridized carbons (Fsp3) is 0.167. The molecule has 0 aliphatic heterocycles. The van der Waals surface area contributed by atoms with Gasteiger partial charge in [-0.2, -0.15) is 5.10 Å². The number of H-pyrrole nitrogens is 1. The zero-order valence-corrected chi connectivity index (χ0v) is 9.77. The molecule has 0 radical (unpaired) electrons. The van der Waals surface area contributed by atoms with Crippen molar-refractivity contribution in [1.29, 1.82) is 0 Å². The van der Waals surface area contributed by atoms with Crippen LogP contribution in [-0.4, -0.2) is 23.2 Å². The molecule has 17 heavy (non-hydrogen) atoms. The lowest BCUT2D eigenvalue weighted by Crippen LogP contribution is -2.26. The van der Waals surface area contributed by atoms with Gasteiger partial charge in [-0.15, -0.1) is 0 Å². The van der Waals surface area contributed by atoms with Crippen LogP contribution in [0.2, 0.25) is 0 Å². The number of nitrogens with one attached hydrogen (secondary N) is 1. The largest absolute Gasteiger partial charge is 0.399 e. The molecule has 0 saturated heterocycles. The molecule has 0 aliphatic rings. The van der Waals surface area contributed by atoms with Crippen molar-refractivity contribution in [1.82, 2.24) is 10.2 Å². The molecule has 5 heteroatoms. The van der Waals surface area contributed by atoms with E-state index in [2.05, 4.69) is 10.2 Å². The molecule has 0 atom stereocenters. The minimum Gasteiger partial charge on any atom is -0.399 e. The van der Waals surface area contributed by atoms with Crippen molar-refractivity contribution in [3.8, 4) is 0 Å². The highest BCUT2D eigenvalue weighted by molar-refractivity contribution is 6.06. The Kier molecular flexibility index (Phi) is 2.82. The number of aromatic nitrogens is 2. The number of aromatic amines is 1. The molecule has 0 fully saturated rings. The van der Waals surface area contributed by atoms with E-state index in [1.165, 1.54) is 6.20 Å². The highest BCUT2D eigenvalue weighted by Crippen LogP contribution is 2.17. The van der Waals surface area contributed by atoms with E-state index in [-0.39, 0.29) is 5.91 Å². The van der Waals surface area contributed by atoms with Crippen LogP contribution < -0.4 is 10.6 Å². The van der Waals surface area contributed by atoms with Crippen molar-refractivity contribution >= 4 is 17.3 Å². The molecular weight excluding hydrogens is 216 g/mol. The number of aryl methyl sites for hydroxylation is 1. The van der Waals surface area contributed by atoms with Gasteiger partial charge in [-0.3, -0.25) is 9.89 Å². The number of anilines is 2. The molecule has 0 saturated carbocycles. The van der Waals surface area contributed by atoms with Gasteiger partial charge < -0.3 is 10.6 Å². The van der Waals surface area contributed by atoms with Crippen LogP contribution in [0.5, 0.6) is 0 Å². The first-order valence-electron chi connectivity index (χ1n) is 5.23. The summed E-state index contributed by atoms with van der Waals surface area (Å²) in [5.74, 6) is -0.0963. The molecular formula is C12H14N4O. The SMILES string of the molecule is Cc1[nH]ncc1C(=O)N(C)c1ccc(N)cc1. The van der Waals surface area contributed by atoms with Gasteiger partial charge in [-0.05, 0) is 31.2 Å². The number of hydrogen-bond acceptors (Lipinski definition) is 3. The quantitative estimate of drug-likeness (QED) is 0.769. The molecule has 1 heterocycles. The zero-order valence-electron chi connectivity index (χ0n) is 9.77. The summed E-state index contributed by atoms with van der Waals surface area (Å²) in [4.78, 5) is 13.7. The van der Waals surface area contributed by atoms with Crippen molar-refractivity contribution < 1.29 is 4.79 Å². The molecule has 0 spiro atoms. The lowest BCUT2D eigenvalue weighted by molar-refractivity contribution is 0.0992. The number of amides is 1. The van der Waals surface area contributed by atoms with Gasteiger partial charge in [0.25, 0.3) is 5.91 Å². The van der Waals surface area contributed by atoms with Gasteiger partial charge in [0.15, 0.2) is 0 Å². The Bertz CT molecular complexity index is 530. The molecule has 1 amide bonds. The lowest BCUT2D eigenvalue weighted by atomic mass is 10.2. The van der Waals surface area contributed by atoms with Gasteiger partial charge in [0, 0.05) is 24.1 Å². The van der Waals surface area contributed by atoms with Crippen LogP contribution in [0.3, 0.4) is 0 Å². The Labute approximate surface area is 99.2 Å². The van der Waals surface area contributed by atoms with Crippen LogP contribution in [0.1, 0.15) is 16.1 Å². The van der Waals surface area contributed by atoms with Crippen LogP contribution in [0.4, 0.5) is 11.4 Å². The van der Waals surface area contributed by atoms with Gasteiger partial charge in [0.05, 0.1) is 11.8 Å². The normalized spacial score (nSPS) is 10.2. The first kappa shape index (κ1) is 11.2. The molecule has 0 aliphatic carbocycles. The predicted molar refractivity (Wildman–Crippen MR) is 66.9 cm³/mol. The summed E-state index contributed by atoms with van der Waals surface area (Å²) in [7, 11) is 1.72. The summed E-state index contributed by atoms with van der Waals surface area (Å²) in [5.41, 5.74) is 8.41. The Balaban J connectivity index is 2.26. The van der Waals surface area contributed by atoms with Crippen molar-refractivity contribution in [3.63, 3.8) is 0 Å². The zero-order chi connectivity index (χ0) is 12.4. The average molecular weight is 230 g/mol. The molecule has 88 valence electrons. The maximum absolute atomic E-state index is 12.1. The van der Waals surface area contributed by atoms with E-state index in [0.29, 0.717) is 11.3 Å². The van der Waals surface area contributed by atoms with E-state index in [1.807, 2.05) is 19.1 Å². The number of carbonyl (C=O) groups is 1. The summed E-state index contributed by atoms with van der Waals surface area (Å²) >= 11 is 0. The number of benzene rings is 1. The minimum absolute atomic E-state index is 0.0963. The molecule has 2 rings (SSSR count). The molecule has 1 aromatic carbocycles. The Morgan fingerprint density at radius 1 is 1.35 bits per heavy atom. The highest BCUT2D eigenvalue weighted by Gasteiger charge is 2.16. The van der Waals surface area contributed by atoms with Crippen LogP contribution >= 0.6 is 0 Å². The third-order valence-corrected chi connectivity index (χ3v) is 2.65. The van der Waals surface area contributed by atoms with Gasteiger partial charge >= 0.3 is 0 Å². The van der Waals surface area contributed by atoms with Gasteiger partial charge in [0.1, 0.15) is 0 Å². The molecule has 2 aromatic rings. The second-order valence-electron chi connectivity index (χ2n) is 3.86. The van der Waals surface area contributed by atoms with Gasteiger partial charge in [-0.1, -0.05) is 0 Å². The molecule has 0 bridgehead atoms. The van der Waals surface area contributed by atoms with Crippen molar-refractivity contribution in [2.24, 2.45) is 0 Å². The number of rotatable bonds is 2. The average Bonchev–Trinajstić information content (AvgIpc) is 2.74. The number of nitrogens with two attached hydrogens (primary N) is 1.